The van der Waals surface area contributed by atoms with Crippen LogP contribution in [0.5, 0.6) is 0 Å². The highest BCUT2D eigenvalue weighted by Crippen LogP contribution is 2.27. The van der Waals surface area contributed by atoms with E-state index >= 15 is 0 Å². The van der Waals surface area contributed by atoms with Gasteiger partial charge in [0.05, 0.1) is 18.3 Å². The Kier molecular flexibility index (Phi) is 7.41. The molecule has 4 nitrogen and oxygen atoms in total. The fraction of sp³-hybridized carbons (Fsp3) is 0.800. The first-order valence-electron chi connectivity index (χ1n) is 7.78. The number of nitrogens with zero attached hydrogens (tertiary/aromatic N) is 2. The Balaban J connectivity index is 1.60. The van der Waals surface area contributed by atoms with Crippen LogP contribution in [0.3, 0.4) is 0 Å². The monoisotopic (exact) mass is 299 g/mol. The van der Waals surface area contributed by atoms with Crippen molar-refractivity contribution in [3.8, 4) is 0 Å². The van der Waals surface area contributed by atoms with Gasteiger partial charge < -0.3 is 10.1 Å². The Morgan fingerprint density at radius 2 is 2.15 bits per heavy atom. The molecule has 1 heterocycles. The van der Waals surface area contributed by atoms with Gasteiger partial charge in [0.2, 0.25) is 0 Å². The average Bonchev–Trinajstić information content (AvgIpc) is 2.96. The van der Waals surface area contributed by atoms with E-state index < -0.39 is 0 Å². The number of halogens is 1. The van der Waals surface area contributed by atoms with E-state index in [2.05, 4.69) is 27.4 Å². The molecule has 0 bridgehead atoms. The molecular weight excluding hydrogens is 274 g/mol. The van der Waals surface area contributed by atoms with Crippen molar-refractivity contribution in [1.29, 1.82) is 0 Å². The molecule has 0 spiro atoms. The molecule has 1 saturated carbocycles. The maximum atomic E-state index is 5.54. The summed E-state index contributed by atoms with van der Waals surface area (Å²) in [5.74, 6) is 0.575. The van der Waals surface area contributed by atoms with Crippen molar-refractivity contribution in [2.75, 3.05) is 25.6 Å². The third kappa shape index (κ3) is 5.43. The van der Waals surface area contributed by atoms with E-state index in [0.717, 1.165) is 31.8 Å². The Morgan fingerprint density at radius 3 is 2.95 bits per heavy atom. The molecule has 1 N–H and O–H groups in total. The number of nitrogens with one attached hydrogen (secondary N) is 1. The molecule has 20 heavy (non-hydrogen) atoms. The quantitative estimate of drug-likeness (QED) is 0.562. The summed E-state index contributed by atoms with van der Waals surface area (Å²) in [7, 11) is 0. The Hall–Kier alpha value is -0.580. The van der Waals surface area contributed by atoms with Gasteiger partial charge in [-0.05, 0) is 31.9 Å². The second kappa shape index (κ2) is 9.37. The van der Waals surface area contributed by atoms with E-state index in [4.69, 9.17) is 16.3 Å². The summed E-state index contributed by atoms with van der Waals surface area (Å²) in [4.78, 5) is 0. The first-order chi connectivity index (χ1) is 9.90. The van der Waals surface area contributed by atoms with Crippen LogP contribution in [-0.4, -0.2) is 35.4 Å². The van der Waals surface area contributed by atoms with Crippen LogP contribution in [0, 0.1) is 0 Å². The van der Waals surface area contributed by atoms with Crippen LogP contribution in [-0.2, 0) is 11.3 Å². The number of aromatic nitrogens is 2. The van der Waals surface area contributed by atoms with Crippen LogP contribution in [0.4, 0.5) is 0 Å². The normalized spacial score (nSPS) is 16.6. The van der Waals surface area contributed by atoms with Gasteiger partial charge in [-0.2, -0.15) is 5.10 Å². The predicted molar refractivity (Wildman–Crippen MR) is 82.2 cm³/mol. The topological polar surface area (TPSA) is 39.1 Å². The van der Waals surface area contributed by atoms with Gasteiger partial charge in [-0.25, -0.2) is 0 Å². The fourth-order valence-corrected chi connectivity index (χ4v) is 2.80. The van der Waals surface area contributed by atoms with Gasteiger partial charge in [-0.3, -0.25) is 4.68 Å². The lowest BCUT2D eigenvalue weighted by atomic mass is 9.96. The highest BCUT2D eigenvalue weighted by Gasteiger charge is 2.15. The van der Waals surface area contributed by atoms with Crippen LogP contribution in [0.2, 0.25) is 0 Å². The molecule has 0 radical (unpaired) electrons. The standard InChI is InChI=1S/C15H26ClN3O/c16-8-12-20-11-4-9-17-13-14-7-10-19(18-14)15-5-2-1-3-6-15/h7,10,15,17H,1-6,8-9,11-13H2. The molecule has 0 aliphatic heterocycles. The summed E-state index contributed by atoms with van der Waals surface area (Å²) in [6.07, 6.45) is 9.80. The highest BCUT2D eigenvalue weighted by molar-refractivity contribution is 6.17. The predicted octanol–water partition coefficient (Wildman–Crippen LogP) is 3.12. The number of rotatable bonds is 9. The van der Waals surface area contributed by atoms with Crippen molar-refractivity contribution in [3.63, 3.8) is 0 Å². The molecule has 0 unspecified atom stereocenters. The summed E-state index contributed by atoms with van der Waals surface area (Å²) in [6, 6.07) is 2.76. The molecule has 114 valence electrons. The average molecular weight is 300 g/mol. The molecular formula is C15H26ClN3O. The smallest absolute Gasteiger partial charge is 0.0762 e. The first kappa shape index (κ1) is 15.8. The van der Waals surface area contributed by atoms with E-state index in [-0.39, 0.29) is 0 Å². The van der Waals surface area contributed by atoms with Gasteiger partial charge in [-0.15, -0.1) is 11.6 Å². The van der Waals surface area contributed by atoms with E-state index in [1.54, 1.807) is 0 Å². The van der Waals surface area contributed by atoms with Crippen LogP contribution < -0.4 is 5.32 Å². The largest absolute Gasteiger partial charge is 0.380 e. The maximum Gasteiger partial charge on any atom is 0.0762 e. The zero-order valence-corrected chi connectivity index (χ0v) is 12.9. The molecule has 0 aromatic carbocycles. The SMILES string of the molecule is ClCCOCCCNCc1ccn(C2CCCCC2)n1. The molecule has 5 heteroatoms. The number of ether oxygens (including phenoxy) is 1. The van der Waals surface area contributed by atoms with Gasteiger partial charge in [0.25, 0.3) is 0 Å². The molecule has 1 aromatic rings. The van der Waals surface area contributed by atoms with Crippen LogP contribution in [0.25, 0.3) is 0 Å². The lowest BCUT2D eigenvalue weighted by Gasteiger charge is -2.21. The Labute approximate surface area is 126 Å². The van der Waals surface area contributed by atoms with Crippen molar-refractivity contribution in [2.24, 2.45) is 0 Å². The summed E-state index contributed by atoms with van der Waals surface area (Å²) < 4.78 is 7.49. The van der Waals surface area contributed by atoms with Crippen molar-refractivity contribution in [1.82, 2.24) is 15.1 Å². The van der Waals surface area contributed by atoms with Gasteiger partial charge >= 0.3 is 0 Å². The highest BCUT2D eigenvalue weighted by atomic mass is 35.5. The molecule has 0 atom stereocenters. The van der Waals surface area contributed by atoms with E-state index in [1.165, 1.54) is 32.1 Å². The summed E-state index contributed by atoms with van der Waals surface area (Å²) >= 11 is 5.54. The summed E-state index contributed by atoms with van der Waals surface area (Å²) in [5.41, 5.74) is 1.14. The molecule has 0 saturated heterocycles. The van der Waals surface area contributed by atoms with Gasteiger partial charge in [0.1, 0.15) is 0 Å². The number of hydrogen-bond donors (Lipinski definition) is 1. The van der Waals surface area contributed by atoms with Gasteiger partial charge in [-0.1, -0.05) is 19.3 Å². The van der Waals surface area contributed by atoms with Crippen molar-refractivity contribution in [2.45, 2.75) is 51.1 Å². The van der Waals surface area contributed by atoms with Crippen LogP contribution in [0.1, 0.15) is 50.3 Å². The molecule has 1 aliphatic carbocycles. The van der Waals surface area contributed by atoms with Crippen molar-refractivity contribution >= 4 is 11.6 Å². The molecule has 1 fully saturated rings. The van der Waals surface area contributed by atoms with Crippen LogP contribution in [0.15, 0.2) is 12.3 Å². The zero-order chi connectivity index (χ0) is 14.0. The third-order valence-corrected chi connectivity index (χ3v) is 3.94. The maximum absolute atomic E-state index is 5.54. The van der Waals surface area contributed by atoms with Crippen molar-refractivity contribution in [3.05, 3.63) is 18.0 Å². The number of hydrogen-bond acceptors (Lipinski definition) is 3. The molecule has 0 amide bonds. The fourth-order valence-electron chi connectivity index (χ4n) is 2.69. The molecule has 1 aromatic heterocycles. The van der Waals surface area contributed by atoms with Crippen molar-refractivity contribution < 1.29 is 4.74 Å². The van der Waals surface area contributed by atoms with E-state index in [1.807, 2.05) is 0 Å². The second-order valence-corrected chi connectivity index (χ2v) is 5.79. The van der Waals surface area contributed by atoms with E-state index in [9.17, 15) is 0 Å². The third-order valence-electron chi connectivity index (χ3n) is 3.78. The minimum absolute atomic E-state index is 0.575. The zero-order valence-electron chi connectivity index (χ0n) is 12.2. The lowest BCUT2D eigenvalue weighted by molar-refractivity contribution is 0.146. The number of alkyl halides is 1. The van der Waals surface area contributed by atoms with Crippen LogP contribution >= 0.6 is 11.6 Å². The summed E-state index contributed by atoms with van der Waals surface area (Å²) in [6.45, 7) is 3.22. The van der Waals surface area contributed by atoms with Gasteiger partial charge in [0, 0.05) is 25.2 Å². The lowest BCUT2D eigenvalue weighted by Crippen LogP contribution is -2.18. The Bertz CT molecular complexity index is 364. The summed E-state index contributed by atoms with van der Waals surface area (Å²) in [5, 5.41) is 8.09. The first-order valence-corrected chi connectivity index (χ1v) is 8.32. The van der Waals surface area contributed by atoms with Gasteiger partial charge in [0.15, 0.2) is 0 Å². The minimum Gasteiger partial charge on any atom is -0.380 e. The Morgan fingerprint density at radius 1 is 1.30 bits per heavy atom. The minimum atomic E-state index is 0.575. The molecule has 2 rings (SSSR count). The van der Waals surface area contributed by atoms with E-state index in [0.29, 0.717) is 18.5 Å². The second-order valence-electron chi connectivity index (χ2n) is 5.41. The molecule has 1 aliphatic rings.